The van der Waals surface area contributed by atoms with Crippen LogP contribution in [0.5, 0.6) is 5.75 Å². The number of para-hydroxylation sites is 1. The van der Waals surface area contributed by atoms with E-state index in [2.05, 4.69) is 18.7 Å². The van der Waals surface area contributed by atoms with Crippen molar-refractivity contribution in [3.8, 4) is 5.75 Å². The van der Waals surface area contributed by atoms with Crippen LogP contribution >= 0.6 is 0 Å². The van der Waals surface area contributed by atoms with E-state index in [0.717, 1.165) is 19.5 Å². The van der Waals surface area contributed by atoms with Crippen LogP contribution in [-0.2, 0) is 0 Å². The number of rotatable bonds is 3. The zero-order valence-electron chi connectivity index (χ0n) is 12.2. The van der Waals surface area contributed by atoms with Crippen molar-refractivity contribution < 1.29 is 9.90 Å². The lowest BCUT2D eigenvalue weighted by molar-refractivity contribution is 0.0577. The predicted octanol–water partition coefficient (Wildman–Crippen LogP) is 1.53. The molecule has 2 rings (SSSR count). The molecule has 1 fully saturated rings. The summed E-state index contributed by atoms with van der Waals surface area (Å²) in [6.07, 6.45) is 1.12. The first kappa shape index (κ1) is 14.7. The molecule has 1 saturated heterocycles. The van der Waals surface area contributed by atoms with E-state index in [1.54, 1.807) is 23.1 Å². The Labute approximate surface area is 120 Å². The predicted molar refractivity (Wildman–Crippen MR) is 79.7 cm³/mol. The molecule has 0 aliphatic carbocycles. The van der Waals surface area contributed by atoms with Gasteiger partial charge < -0.3 is 15.7 Å². The summed E-state index contributed by atoms with van der Waals surface area (Å²) >= 11 is 0. The maximum Gasteiger partial charge on any atom is 0.257 e. The normalized spacial score (nSPS) is 18.0. The Morgan fingerprint density at radius 2 is 2.00 bits per heavy atom. The van der Waals surface area contributed by atoms with Gasteiger partial charge in [0, 0.05) is 32.2 Å². The third-order valence-electron chi connectivity index (χ3n) is 4.11. The van der Waals surface area contributed by atoms with Gasteiger partial charge in [-0.1, -0.05) is 13.0 Å². The Morgan fingerprint density at radius 1 is 1.35 bits per heavy atom. The van der Waals surface area contributed by atoms with Crippen LogP contribution in [-0.4, -0.2) is 53.0 Å². The molecule has 20 heavy (non-hydrogen) atoms. The average molecular weight is 277 g/mol. The molecule has 1 heterocycles. The molecule has 1 aromatic carbocycles. The van der Waals surface area contributed by atoms with E-state index in [4.69, 9.17) is 5.73 Å². The molecule has 1 atom stereocenters. The molecule has 1 aromatic rings. The number of nitrogens with zero attached hydrogens (tertiary/aromatic N) is 2. The number of aromatic hydroxyl groups is 1. The van der Waals surface area contributed by atoms with Crippen molar-refractivity contribution in [1.29, 1.82) is 0 Å². The molecular formula is C15H23N3O2. The minimum atomic E-state index is -0.140. The number of hydrogen-bond donors (Lipinski definition) is 2. The molecule has 1 aliphatic heterocycles. The second-order valence-corrected chi connectivity index (χ2v) is 5.33. The maximum absolute atomic E-state index is 12.4. The van der Waals surface area contributed by atoms with Gasteiger partial charge in [-0.25, -0.2) is 0 Å². The molecule has 0 saturated carbocycles. The molecule has 5 nitrogen and oxygen atoms in total. The summed E-state index contributed by atoms with van der Waals surface area (Å²) in [5, 5.41) is 9.89. The summed E-state index contributed by atoms with van der Waals surface area (Å²) in [5.74, 6) is -0.250. The van der Waals surface area contributed by atoms with Crippen molar-refractivity contribution in [1.82, 2.24) is 9.80 Å². The highest BCUT2D eigenvalue weighted by Gasteiger charge is 2.25. The van der Waals surface area contributed by atoms with Gasteiger partial charge in [0.25, 0.3) is 5.91 Å². The molecule has 110 valence electrons. The lowest BCUT2D eigenvalue weighted by Crippen LogP contribution is -2.51. The summed E-state index contributed by atoms with van der Waals surface area (Å²) in [5.41, 5.74) is 6.18. The molecule has 1 unspecified atom stereocenters. The van der Waals surface area contributed by atoms with Crippen LogP contribution in [0.15, 0.2) is 18.2 Å². The summed E-state index contributed by atoms with van der Waals surface area (Å²) in [6.45, 7) is 7.52. The number of carbonyl (C=O) groups is 1. The molecule has 1 aliphatic rings. The number of amides is 1. The second kappa shape index (κ2) is 6.13. The fourth-order valence-electron chi connectivity index (χ4n) is 2.53. The molecule has 0 bridgehead atoms. The van der Waals surface area contributed by atoms with Crippen molar-refractivity contribution in [2.75, 3.05) is 31.9 Å². The molecule has 0 aromatic heterocycles. The van der Waals surface area contributed by atoms with Crippen molar-refractivity contribution in [3.63, 3.8) is 0 Å². The first-order valence-electron chi connectivity index (χ1n) is 7.15. The van der Waals surface area contributed by atoms with Gasteiger partial charge in [-0.2, -0.15) is 0 Å². The van der Waals surface area contributed by atoms with Gasteiger partial charge in [0.15, 0.2) is 5.75 Å². The zero-order valence-corrected chi connectivity index (χ0v) is 12.2. The lowest BCUT2D eigenvalue weighted by Gasteiger charge is -2.37. The summed E-state index contributed by atoms with van der Waals surface area (Å²) in [6, 6.07) is 5.45. The molecule has 1 amide bonds. The third-order valence-corrected chi connectivity index (χ3v) is 4.11. The molecule has 0 radical (unpaired) electrons. The average Bonchev–Trinajstić information content (AvgIpc) is 2.48. The van der Waals surface area contributed by atoms with Crippen LogP contribution in [0, 0.1) is 0 Å². The van der Waals surface area contributed by atoms with Gasteiger partial charge >= 0.3 is 0 Å². The van der Waals surface area contributed by atoms with E-state index in [-0.39, 0.29) is 17.3 Å². The van der Waals surface area contributed by atoms with Gasteiger partial charge in [0.05, 0.1) is 11.3 Å². The van der Waals surface area contributed by atoms with Crippen LogP contribution in [0.2, 0.25) is 0 Å². The van der Waals surface area contributed by atoms with Crippen molar-refractivity contribution >= 4 is 11.6 Å². The quantitative estimate of drug-likeness (QED) is 0.649. The number of carbonyl (C=O) groups excluding carboxylic acids is 1. The fraction of sp³-hybridized carbons (Fsp3) is 0.533. The number of nitrogens with two attached hydrogens (primary N) is 1. The standard InChI is InChI=1S/C15H23N3O2/c1-3-11(2)17-7-9-18(10-8-17)15(20)12-5-4-6-13(16)14(12)19/h4-6,11,19H,3,7-10,16H2,1-2H3. The smallest absolute Gasteiger partial charge is 0.257 e. The van der Waals surface area contributed by atoms with E-state index in [9.17, 15) is 9.90 Å². The Bertz CT molecular complexity index is 482. The van der Waals surface area contributed by atoms with Gasteiger partial charge in [-0.05, 0) is 25.5 Å². The minimum absolute atomic E-state index is 0.109. The number of nitrogen functional groups attached to an aromatic ring is 1. The van der Waals surface area contributed by atoms with E-state index >= 15 is 0 Å². The van der Waals surface area contributed by atoms with Crippen LogP contribution in [0.4, 0.5) is 5.69 Å². The minimum Gasteiger partial charge on any atom is -0.505 e. The number of anilines is 1. The topological polar surface area (TPSA) is 69.8 Å². The fourth-order valence-corrected chi connectivity index (χ4v) is 2.53. The summed E-state index contributed by atoms with van der Waals surface area (Å²) < 4.78 is 0. The van der Waals surface area contributed by atoms with Crippen molar-refractivity contribution in [3.05, 3.63) is 23.8 Å². The van der Waals surface area contributed by atoms with Crippen LogP contribution in [0.1, 0.15) is 30.6 Å². The Kier molecular flexibility index (Phi) is 4.49. The van der Waals surface area contributed by atoms with E-state index in [0.29, 0.717) is 24.7 Å². The van der Waals surface area contributed by atoms with E-state index in [1.165, 1.54) is 0 Å². The summed E-state index contributed by atoms with van der Waals surface area (Å²) in [7, 11) is 0. The molecule has 0 spiro atoms. The number of phenolic OH excluding ortho intramolecular Hbond substituents is 1. The Morgan fingerprint density at radius 3 is 2.60 bits per heavy atom. The van der Waals surface area contributed by atoms with Crippen LogP contribution < -0.4 is 5.73 Å². The van der Waals surface area contributed by atoms with Crippen LogP contribution in [0.3, 0.4) is 0 Å². The van der Waals surface area contributed by atoms with Crippen molar-refractivity contribution in [2.24, 2.45) is 0 Å². The SMILES string of the molecule is CCC(C)N1CCN(C(=O)c2cccc(N)c2O)CC1. The highest BCUT2D eigenvalue weighted by atomic mass is 16.3. The second-order valence-electron chi connectivity index (χ2n) is 5.33. The van der Waals surface area contributed by atoms with Gasteiger partial charge in [0.1, 0.15) is 0 Å². The molecule has 3 N–H and O–H groups in total. The summed E-state index contributed by atoms with van der Waals surface area (Å²) in [4.78, 5) is 16.6. The first-order chi connectivity index (χ1) is 9.54. The Hall–Kier alpha value is -1.75. The van der Waals surface area contributed by atoms with Crippen molar-refractivity contribution in [2.45, 2.75) is 26.3 Å². The maximum atomic E-state index is 12.4. The number of benzene rings is 1. The first-order valence-corrected chi connectivity index (χ1v) is 7.15. The van der Waals surface area contributed by atoms with E-state index < -0.39 is 0 Å². The van der Waals surface area contributed by atoms with Crippen LogP contribution in [0.25, 0.3) is 0 Å². The number of hydrogen-bond acceptors (Lipinski definition) is 4. The lowest BCUT2D eigenvalue weighted by atomic mass is 10.1. The van der Waals surface area contributed by atoms with Gasteiger partial charge in [-0.3, -0.25) is 9.69 Å². The molecular weight excluding hydrogens is 254 g/mol. The third kappa shape index (κ3) is 2.88. The monoisotopic (exact) mass is 277 g/mol. The number of piperazine rings is 1. The van der Waals surface area contributed by atoms with Gasteiger partial charge in [-0.15, -0.1) is 0 Å². The van der Waals surface area contributed by atoms with E-state index in [1.807, 2.05) is 0 Å². The number of phenols is 1. The Balaban J connectivity index is 2.03. The largest absolute Gasteiger partial charge is 0.505 e. The highest BCUT2D eigenvalue weighted by molar-refractivity contribution is 5.98. The van der Waals surface area contributed by atoms with Gasteiger partial charge in [0.2, 0.25) is 0 Å². The molecule has 5 heteroatoms. The zero-order chi connectivity index (χ0) is 14.7. The highest BCUT2D eigenvalue weighted by Crippen LogP contribution is 2.26.